The summed E-state index contributed by atoms with van der Waals surface area (Å²) in [5.74, 6) is 0. The minimum Gasteiger partial charge on any atom is -0.452 e. The maximum atomic E-state index is 9.61. The Kier molecular flexibility index (Phi) is 3.87. The fraction of sp³-hybridized carbons (Fsp3) is 0.333. The maximum absolute atomic E-state index is 9.61. The Bertz CT molecular complexity index is 169. The second-order valence-electron chi connectivity index (χ2n) is 0.821. The van der Waals surface area contributed by atoms with E-state index in [2.05, 4.69) is 4.74 Å². The van der Waals surface area contributed by atoms with Crippen LogP contribution in [0.4, 0.5) is 0 Å². The van der Waals surface area contributed by atoms with E-state index in [-0.39, 0.29) is 6.61 Å². The molecule has 0 aliphatic carbocycles. The van der Waals surface area contributed by atoms with Gasteiger partial charge < -0.3 is 4.74 Å². The molecule has 0 N–H and O–H groups in total. The highest BCUT2D eigenvalue weighted by atomic mass is 32.2. The molecule has 0 spiro atoms. The van der Waals surface area contributed by atoms with Gasteiger partial charge in [0, 0.05) is 0 Å². The van der Waals surface area contributed by atoms with Crippen molar-refractivity contribution in [2.24, 2.45) is 0 Å². The number of hydrogen-bond acceptors (Lipinski definition) is 4. The van der Waals surface area contributed by atoms with E-state index in [0.29, 0.717) is 0 Å². The van der Waals surface area contributed by atoms with Crippen LogP contribution in [0.3, 0.4) is 0 Å². The second-order valence-corrected chi connectivity index (χ2v) is 1.68. The molecule has 0 aromatic carbocycles. The van der Waals surface area contributed by atoms with E-state index in [0.717, 1.165) is 11.8 Å². The highest BCUT2D eigenvalue weighted by Gasteiger charge is 1.75. The Morgan fingerprint density at radius 2 is 2.25 bits per heavy atom. The Hall–Kier alpha value is -0.840. The van der Waals surface area contributed by atoms with E-state index in [1.54, 1.807) is 0 Å². The van der Waals surface area contributed by atoms with Crippen LogP contribution < -0.4 is 0 Å². The Labute approximate surface area is 47.6 Å². The molecular formula is C3H3O4S. The van der Waals surface area contributed by atoms with E-state index in [1.807, 2.05) is 0 Å². The van der Waals surface area contributed by atoms with Gasteiger partial charge in [-0.25, -0.2) is 4.79 Å². The zero-order valence-corrected chi connectivity index (χ0v) is 4.64. The summed E-state index contributed by atoms with van der Waals surface area (Å²) in [4.78, 5) is 9.22. The number of carbonyl (C=O) groups excluding carboxylic acids is 1. The van der Waals surface area contributed by atoms with Crippen LogP contribution in [0.25, 0.3) is 0 Å². The standard InChI is InChI=1S/C3H3O4S/c4-3-7-1-2-8(5)6/h2H,1H2. The van der Waals surface area contributed by atoms with Crippen LogP contribution in [-0.2, 0) is 19.8 Å². The van der Waals surface area contributed by atoms with Gasteiger partial charge in [0.15, 0.2) is 0 Å². The van der Waals surface area contributed by atoms with Crippen LogP contribution in [0.1, 0.15) is 0 Å². The third-order valence-corrected chi connectivity index (χ3v) is 0.755. The van der Waals surface area contributed by atoms with E-state index >= 15 is 0 Å². The highest BCUT2D eigenvalue weighted by Crippen LogP contribution is 1.56. The fourth-order valence-electron chi connectivity index (χ4n) is 0.124. The molecule has 5 heteroatoms. The Morgan fingerprint density at radius 3 is 2.62 bits per heavy atom. The van der Waals surface area contributed by atoms with Gasteiger partial charge in [0.05, 0.1) is 5.37 Å². The lowest BCUT2D eigenvalue weighted by Crippen LogP contribution is -1.91. The average molecular weight is 135 g/mol. The fourth-order valence-corrected chi connectivity index (χ4v) is 0.303. The first-order chi connectivity index (χ1) is 3.77. The molecular weight excluding hydrogens is 132 g/mol. The predicted octanol–water partition coefficient (Wildman–Crippen LogP) is -1.25. The van der Waals surface area contributed by atoms with Gasteiger partial charge in [-0.3, -0.25) is 0 Å². The van der Waals surface area contributed by atoms with Crippen LogP contribution in [0.2, 0.25) is 0 Å². The van der Waals surface area contributed by atoms with Gasteiger partial charge in [-0.2, -0.15) is 8.42 Å². The molecule has 0 aliphatic rings. The molecule has 0 heterocycles. The lowest BCUT2D eigenvalue weighted by atomic mass is 10.9. The topological polar surface area (TPSA) is 60.4 Å². The summed E-state index contributed by atoms with van der Waals surface area (Å²) in [5, 5.41) is 0.810. The molecule has 0 bridgehead atoms. The summed E-state index contributed by atoms with van der Waals surface area (Å²) in [6, 6.07) is 0. The molecule has 1 radical (unpaired) electrons. The zero-order valence-electron chi connectivity index (χ0n) is 3.83. The van der Waals surface area contributed by atoms with Crippen LogP contribution in [-0.4, -0.2) is 26.9 Å². The predicted molar refractivity (Wildman–Crippen MR) is 26.6 cm³/mol. The molecule has 0 fully saturated rings. The summed E-state index contributed by atoms with van der Waals surface area (Å²) in [6.45, 7) is 0.832. The molecule has 0 aliphatic heterocycles. The largest absolute Gasteiger partial charge is 0.452 e. The summed E-state index contributed by atoms with van der Waals surface area (Å²) in [6.07, 6.45) is 0. The van der Waals surface area contributed by atoms with Crippen molar-refractivity contribution in [3.63, 3.8) is 0 Å². The molecule has 8 heavy (non-hydrogen) atoms. The van der Waals surface area contributed by atoms with Crippen molar-refractivity contribution < 1.29 is 17.9 Å². The Morgan fingerprint density at radius 1 is 1.62 bits per heavy atom. The Balaban J connectivity index is 3.46. The number of ether oxygens (including phenoxy) is 1. The van der Waals surface area contributed by atoms with Gasteiger partial charge in [0.25, 0.3) is 0 Å². The lowest BCUT2D eigenvalue weighted by molar-refractivity contribution is 0.328. The molecule has 0 aromatic rings. The van der Waals surface area contributed by atoms with E-state index in [4.69, 9.17) is 0 Å². The lowest BCUT2D eigenvalue weighted by Gasteiger charge is -1.79. The SMILES string of the molecule is O=[C]OCC=S(=O)=O. The van der Waals surface area contributed by atoms with Crippen molar-refractivity contribution >= 4 is 22.1 Å². The minimum atomic E-state index is -2.25. The minimum absolute atomic E-state index is 0.236. The zero-order chi connectivity index (χ0) is 6.41. The summed E-state index contributed by atoms with van der Waals surface area (Å²) in [7, 11) is -2.25. The molecule has 4 nitrogen and oxygen atoms in total. The van der Waals surface area contributed by atoms with Gasteiger partial charge in [-0.1, -0.05) is 0 Å². The highest BCUT2D eigenvalue weighted by molar-refractivity contribution is 7.71. The number of hydrogen-bond donors (Lipinski definition) is 0. The summed E-state index contributed by atoms with van der Waals surface area (Å²) >= 11 is 0. The summed E-state index contributed by atoms with van der Waals surface area (Å²) in [5.41, 5.74) is 0. The smallest absolute Gasteiger partial charge is 0.417 e. The molecule has 0 saturated carbocycles. The molecule has 0 aromatic heterocycles. The normalized spacial score (nSPS) is 7.50. The van der Waals surface area contributed by atoms with Crippen LogP contribution in [0.15, 0.2) is 0 Å². The first-order valence-corrected chi connectivity index (χ1v) is 2.81. The number of rotatable bonds is 3. The molecule has 0 atom stereocenters. The van der Waals surface area contributed by atoms with Crippen LogP contribution >= 0.6 is 0 Å². The van der Waals surface area contributed by atoms with E-state index in [9.17, 15) is 13.2 Å². The van der Waals surface area contributed by atoms with Gasteiger partial charge in [-0.05, 0) is 0 Å². The van der Waals surface area contributed by atoms with Crippen molar-refractivity contribution in [1.29, 1.82) is 0 Å². The summed E-state index contributed by atoms with van der Waals surface area (Å²) < 4.78 is 23.1. The molecule has 0 unspecified atom stereocenters. The van der Waals surface area contributed by atoms with Gasteiger partial charge in [-0.15, -0.1) is 0 Å². The monoisotopic (exact) mass is 135 g/mol. The average Bonchev–Trinajstić information content (AvgIpc) is 1.66. The van der Waals surface area contributed by atoms with Gasteiger partial charge >= 0.3 is 6.47 Å². The first-order valence-electron chi connectivity index (χ1n) is 1.67. The molecule has 0 saturated heterocycles. The van der Waals surface area contributed by atoms with Crippen molar-refractivity contribution in [2.75, 3.05) is 6.61 Å². The third-order valence-electron chi connectivity index (χ3n) is 0.346. The van der Waals surface area contributed by atoms with Crippen molar-refractivity contribution in [3.05, 3.63) is 0 Å². The van der Waals surface area contributed by atoms with Gasteiger partial charge in [0.1, 0.15) is 6.61 Å². The first kappa shape index (κ1) is 7.16. The van der Waals surface area contributed by atoms with Crippen LogP contribution in [0.5, 0.6) is 0 Å². The van der Waals surface area contributed by atoms with E-state index in [1.165, 1.54) is 0 Å². The van der Waals surface area contributed by atoms with Crippen molar-refractivity contribution in [1.82, 2.24) is 0 Å². The van der Waals surface area contributed by atoms with Crippen molar-refractivity contribution in [2.45, 2.75) is 0 Å². The second kappa shape index (κ2) is 4.32. The molecule has 45 valence electrons. The quantitative estimate of drug-likeness (QED) is 0.358. The molecule has 0 amide bonds. The maximum Gasteiger partial charge on any atom is 0.417 e. The third kappa shape index (κ3) is 5.16. The van der Waals surface area contributed by atoms with Crippen molar-refractivity contribution in [3.8, 4) is 0 Å². The van der Waals surface area contributed by atoms with E-state index < -0.39 is 10.3 Å². The van der Waals surface area contributed by atoms with Crippen LogP contribution in [0, 0.1) is 0 Å². The van der Waals surface area contributed by atoms with Gasteiger partial charge in [0.2, 0.25) is 10.3 Å². The molecule has 0 rings (SSSR count).